The monoisotopic (exact) mass is 444 g/mol. The highest BCUT2D eigenvalue weighted by atomic mass is 16.5. The maximum absolute atomic E-state index is 12.9. The molecule has 4 rings (SSSR count). The Hall–Kier alpha value is -3.87. The van der Waals surface area contributed by atoms with Crippen molar-refractivity contribution in [1.29, 1.82) is 0 Å². The van der Waals surface area contributed by atoms with Crippen molar-refractivity contribution in [2.75, 3.05) is 13.7 Å². The van der Waals surface area contributed by atoms with Gasteiger partial charge in [0.25, 0.3) is 11.5 Å². The summed E-state index contributed by atoms with van der Waals surface area (Å²) >= 11 is 0. The SMILES string of the molecule is CCCCn1nc(C(=O)NCC(c2ccc(OC)cc2)c2c[nH]c3ccccc23)ccc1=O. The number of hydrogen-bond donors (Lipinski definition) is 2. The first-order valence-electron chi connectivity index (χ1n) is 11.2. The molecule has 1 unspecified atom stereocenters. The number of aromatic amines is 1. The van der Waals surface area contributed by atoms with Crippen molar-refractivity contribution in [3.8, 4) is 5.75 Å². The number of aryl methyl sites for hydroxylation is 1. The van der Waals surface area contributed by atoms with Gasteiger partial charge in [-0.25, -0.2) is 4.68 Å². The fourth-order valence-corrected chi connectivity index (χ4v) is 3.95. The summed E-state index contributed by atoms with van der Waals surface area (Å²) in [6, 6.07) is 18.9. The molecule has 0 aliphatic heterocycles. The van der Waals surface area contributed by atoms with Crippen molar-refractivity contribution < 1.29 is 9.53 Å². The second-order valence-corrected chi connectivity index (χ2v) is 7.96. The number of nitrogens with zero attached hydrogens (tertiary/aromatic N) is 2. The van der Waals surface area contributed by atoms with E-state index in [0.717, 1.165) is 40.6 Å². The minimum atomic E-state index is -0.307. The molecule has 0 aliphatic carbocycles. The first-order valence-corrected chi connectivity index (χ1v) is 11.2. The molecule has 2 aromatic heterocycles. The molecule has 2 N–H and O–H groups in total. The average molecular weight is 445 g/mol. The van der Waals surface area contributed by atoms with E-state index in [0.29, 0.717) is 13.1 Å². The Morgan fingerprint density at radius 1 is 1.12 bits per heavy atom. The van der Waals surface area contributed by atoms with Crippen LogP contribution < -0.4 is 15.6 Å². The number of hydrogen-bond acceptors (Lipinski definition) is 4. The number of rotatable bonds is 9. The number of nitrogens with one attached hydrogen (secondary N) is 2. The van der Waals surface area contributed by atoms with Gasteiger partial charge in [-0.15, -0.1) is 0 Å². The van der Waals surface area contributed by atoms with Gasteiger partial charge in [0.05, 0.1) is 7.11 Å². The maximum Gasteiger partial charge on any atom is 0.271 e. The van der Waals surface area contributed by atoms with Crippen molar-refractivity contribution >= 4 is 16.8 Å². The quantitative estimate of drug-likeness (QED) is 0.407. The van der Waals surface area contributed by atoms with Crippen molar-refractivity contribution in [1.82, 2.24) is 20.1 Å². The summed E-state index contributed by atoms with van der Waals surface area (Å²) < 4.78 is 6.66. The Morgan fingerprint density at radius 3 is 2.67 bits per heavy atom. The summed E-state index contributed by atoms with van der Waals surface area (Å²) in [6.07, 6.45) is 3.77. The third-order valence-corrected chi connectivity index (χ3v) is 5.80. The zero-order chi connectivity index (χ0) is 23.2. The number of carbonyl (C=O) groups is 1. The highest BCUT2D eigenvalue weighted by Crippen LogP contribution is 2.31. The molecule has 7 heteroatoms. The van der Waals surface area contributed by atoms with Gasteiger partial charge in [-0.2, -0.15) is 5.10 Å². The molecule has 0 spiro atoms. The van der Waals surface area contributed by atoms with Crippen molar-refractivity contribution in [3.05, 3.63) is 94.0 Å². The van der Waals surface area contributed by atoms with Crippen LogP contribution in [0.3, 0.4) is 0 Å². The van der Waals surface area contributed by atoms with Crippen molar-refractivity contribution in [2.24, 2.45) is 0 Å². The normalized spacial score (nSPS) is 11.9. The van der Waals surface area contributed by atoms with Gasteiger partial charge in [0.1, 0.15) is 11.4 Å². The first-order chi connectivity index (χ1) is 16.1. The molecule has 2 heterocycles. The molecule has 0 bridgehead atoms. The lowest BCUT2D eigenvalue weighted by atomic mass is 9.90. The molecule has 33 heavy (non-hydrogen) atoms. The second-order valence-electron chi connectivity index (χ2n) is 7.96. The zero-order valence-electron chi connectivity index (χ0n) is 18.9. The molecule has 0 fully saturated rings. The zero-order valence-corrected chi connectivity index (χ0v) is 18.9. The Bertz CT molecular complexity index is 1290. The highest BCUT2D eigenvalue weighted by Gasteiger charge is 2.20. The molecule has 1 amide bonds. The number of benzene rings is 2. The maximum atomic E-state index is 12.9. The lowest BCUT2D eigenvalue weighted by Gasteiger charge is -2.18. The van der Waals surface area contributed by atoms with Crippen LogP contribution in [0.15, 0.2) is 71.7 Å². The average Bonchev–Trinajstić information content (AvgIpc) is 3.28. The molecule has 170 valence electrons. The van der Waals surface area contributed by atoms with Crippen LogP contribution in [-0.4, -0.2) is 34.3 Å². The minimum Gasteiger partial charge on any atom is -0.497 e. The Kier molecular flexibility index (Phi) is 6.88. The largest absolute Gasteiger partial charge is 0.497 e. The van der Waals surface area contributed by atoms with E-state index in [-0.39, 0.29) is 23.1 Å². The van der Waals surface area contributed by atoms with Gasteiger partial charge in [0.2, 0.25) is 0 Å². The third kappa shape index (κ3) is 4.98. The molecule has 0 radical (unpaired) electrons. The summed E-state index contributed by atoms with van der Waals surface area (Å²) in [5, 5.41) is 8.40. The van der Waals surface area contributed by atoms with Gasteiger partial charge in [-0.1, -0.05) is 43.7 Å². The number of amides is 1. The van der Waals surface area contributed by atoms with E-state index in [9.17, 15) is 9.59 Å². The Morgan fingerprint density at radius 2 is 1.91 bits per heavy atom. The van der Waals surface area contributed by atoms with Crippen molar-refractivity contribution in [3.63, 3.8) is 0 Å². The second kappa shape index (κ2) is 10.2. The van der Waals surface area contributed by atoms with E-state index in [1.807, 2.05) is 55.6 Å². The molecule has 4 aromatic rings. The van der Waals surface area contributed by atoms with Gasteiger partial charge in [0, 0.05) is 42.2 Å². The molecule has 0 saturated heterocycles. The predicted octanol–water partition coefficient (Wildman–Crippen LogP) is 4.10. The summed E-state index contributed by atoms with van der Waals surface area (Å²) in [5.41, 5.74) is 3.23. The number of methoxy groups -OCH3 is 1. The van der Waals surface area contributed by atoms with E-state index in [1.54, 1.807) is 7.11 Å². The highest BCUT2D eigenvalue weighted by molar-refractivity contribution is 5.92. The van der Waals surface area contributed by atoms with E-state index in [2.05, 4.69) is 21.5 Å². The van der Waals surface area contributed by atoms with Crippen LogP contribution in [-0.2, 0) is 6.54 Å². The first kappa shape index (κ1) is 22.3. The standard InChI is InChI=1S/C26H28N4O3/c1-3-4-15-30-25(31)14-13-24(29-30)26(32)28-16-21(18-9-11-19(33-2)12-10-18)22-17-27-23-8-6-5-7-20(22)23/h5-14,17,21,27H,3-4,15-16H2,1-2H3,(H,28,32). The molecule has 0 aliphatic rings. The van der Waals surface area contributed by atoms with Gasteiger partial charge in [-0.05, 0) is 41.8 Å². The van der Waals surface area contributed by atoms with Gasteiger partial charge in [0.15, 0.2) is 0 Å². The molecule has 7 nitrogen and oxygen atoms in total. The molecule has 1 atom stereocenters. The van der Waals surface area contributed by atoms with E-state index >= 15 is 0 Å². The van der Waals surface area contributed by atoms with E-state index < -0.39 is 0 Å². The number of ether oxygens (including phenoxy) is 1. The van der Waals surface area contributed by atoms with Crippen LogP contribution in [0.4, 0.5) is 0 Å². The topological polar surface area (TPSA) is 89.0 Å². The fourth-order valence-electron chi connectivity index (χ4n) is 3.95. The van der Waals surface area contributed by atoms with Crippen LogP contribution in [0, 0.1) is 0 Å². The van der Waals surface area contributed by atoms with Gasteiger partial charge in [-0.3, -0.25) is 9.59 Å². The minimum absolute atomic E-state index is 0.0815. The number of para-hydroxylation sites is 1. The molecular weight excluding hydrogens is 416 g/mol. The number of fused-ring (bicyclic) bond motifs is 1. The molecular formula is C26H28N4O3. The van der Waals surface area contributed by atoms with Crippen molar-refractivity contribution in [2.45, 2.75) is 32.2 Å². The Labute approximate surface area is 192 Å². The van der Waals surface area contributed by atoms with Gasteiger partial charge < -0.3 is 15.0 Å². The lowest BCUT2D eigenvalue weighted by molar-refractivity contribution is 0.0945. The third-order valence-electron chi connectivity index (χ3n) is 5.80. The van der Waals surface area contributed by atoms with Crippen LogP contribution in [0.2, 0.25) is 0 Å². The van der Waals surface area contributed by atoms with Crippen LogP contribution in [0.5, 0.6) is 5.75 Å². The fraction of sp³-hybridized carbons (Fsp3) is 0.269. The van der Waals surface area contributed by atoms with Crippen LogP contribution in [0.25, 0.3) is 10.9 Å². The summed E-state index contributed by atoms with van der Waals surface area (Å²) in [5.74, 6) is 0.389. The summed E-state index contributed by atoms with van der Waals surface area (Å²) in [6.45, 7) is 2.93. The number of unbranched alkanes of at least 4 members (excludes halogenated alkanes) is 1. The number of aromatic nitrogens is 3. The molecule has 0 saturated carbocycles. The number of H-pyrrole nitrogens is 1. The Balaban J connectivity index is 1.60. The van der Waals surface area contributed by atoms with Gasteiger partial charge >= 0.3 is 0 Å². The summed E-state index contributed by atoms with van der Waals surface area (Å²) in [7, 11) is 1.64. The van der Waals surface area contributed by atoms with E-state index in [4.69, 9.17) is 4.74 Å². The predicted molar refractivity (Wildman–Crippen MR) is 129 cm³/mol. The molecule has 2 aromatic carbocycles. The van der Waals surface area contributed by atoms with Crippen LogP contribution in [0.1, 0.15) is 47.3 Å². The smallest absolute Gasteiger partial charge is 0.271 e. The van der Waals surface area contributed by atoms with E-state index in [1.165, 1.54) is 16.8 Å². The lowest BCUT2D eigenvalue weighted by Crippen LogP contribution is -2.32. The summed E-state index contributed by atoms with van der Waals surface area (Å²) in [4.78, 5) is 28.3. The number of carbonyl (C=O) groups excluding carboxylic acids is 1. The van der Waals surface area contributed by atoms with Crippen LogP contribution >= 0.6 is 0 Å².